The van der Waals surface area contributed by atoms with Crippen molar-refractivity contribution >= 4 is 21.8 Å². The molecule has 102 valence electrons. The van der Waals surface area contributed by atoms with Crippen molar-refractivity contribution in [2.75, 3.05) is 13.2 Å². The summed E-state index contributed by atoms with van der Waals surface area (Å²) >= 11 is 3.35. The average molecular weight is 317 g/mol. The number of aromatic nitrogens is 1. The first-order valence-electron chi connectivity index (χ1n) is 6.22. The molecule has 0 aliphatic rings. The minimum Gasteiger partial charge on any atom is -0.379 e. The SMILES string of the molecule is CC(C)OCCCCNC(=O)c1cc(Br)cn1C. The van der Waals surface area contributed by atoms with E-state index in [9.17, 15) is 4.79 Å². The third kappa shape index (κ3) is 5.23. The number of carbonyl (C=O) groups is 1. The van der Waals surface area contributed by atoms with E-state index in [2.05, 4.69) is 21.2 Å². The highest BCUT2D eigenvalue weighted by atomic mass is 79.9. The molecule has 0 atom stereocenters. The molecule has 1 aromatic heterocycles. The fraction of sp³-hybridized carbons (Fsp3) is 0.615. The highest BCUT2D eigenvalue weighted by molar-refractivity contribution is 9.10. The first-order valence-corrected chi connectivity index (χ1v) is 7.01. The molecule has 0 aliphatic carbocycles. The molecule has 0 saturated heterocycles. The molecule has 0 saturated carbocycles. The lowest BCUT2D eigenvalue weighted by Gasteiger charge is -2.08. The zero-order chi connectivity index (χ0) is 13.5. The molecule has 0 bridgehead atoms. The molecule has 0 aromatic carbocycles. The molecule has 18 heavy (non-hydrogen) atoms. The van der Waals surface area contributed by atoms with Gasteiger partial charge in [0.25, 0.3) is 5.91 Å². The fourth-order valence-electron chi connectivity index (χ4n) is 1.59. The van der Waals surface area contributed by atoms with Crippen molar-refractivity contribution < 1.29 is 9.53 Å². The quantitative estimate of drug-likeness (QED) is 0.786. The third-order valence-corrected chi connectivity index (χ3v) is 2.95. The second kappa shape index (κ2) is 7.59. The number of carbonyl (C=O) groups excluding carboxylic acids is 1. The predicted molar refractivity (Wildman–Crippen MR) is 75.8 cm³/mol. The predicted octanol–water partition coefficient (Wildman–Crippen LogP) is 2.72. The molecule has 0 radical (unpaired) electrons. The molecule has 1 aromatic rings. The van der Waals surface area contributed by atoms with E-state index in [1.54, 1.807) is 4.57 Å². The fourth-order valence-corrected chi connectivity index (χ4v) is 2.11. The van der Waals surface area contributed by atoms with E-state index in [1.807, 2.05) is 33.2 Å². The second-order valence-corrected chi connectivity index (χ2v) is 5.45. The number of nitrogens with one attached hydrogen (secondary N) is 1. The van der Waals surface area contributed by atoms with Gasteiger partial charge in [0.05, 0.1) is 6.10 Å². The second-order valence-electron chi connectivity index (χ2n) is 4.54. The smallest absolute Gasteiger partial charge is 0.267 e. The minimum absolute atomic E-state index is 0.0343. The van der Waals surface area contributed by atoms with Crippen LogP contribution in [0.2, 0.25) is 0 Å². The number of rotatable bonds is 7. The van der Waals surface area contributed by atoms with Crippen molar-refractivity contribution in [3.8, 4) is 0 Å². The lowest BCUT2D eigenvalue weighted by atomic mass is 10.3. The lowest BCUT2D eigenvalue weighted by molar-refractivity contribution is 0.0754. The third-order valence-electron chi connectivity index (χ3n) is 2.51. The van der Waals surface area contributed by atoms with Gasteiger partial charge < -0.3 is 14.6 Å². The number of unbranched alkanes of at least 4 members (excludes halogenated alkanes) is 1. The Bertz CT molecular complexity index is 388. The molecule has 4 nitrogen and oxygen atoms in total. The summed E-state index contributed by atoms with van der Waals surface area (Å²) in [5, 5.41) is 2.91. The van der Waals surface area contributed by atoms with Crippen LogP contribution in [0.25, 0.3) is 0 Å². The molecule has 1 amide bonds. The van der Waals surface area contributed by atoms with E-state index in [0.717, 1.165) is 23.9 Å². The van der Waals surface area contributed by atoms with Gasteiger partial charge in [0.1, 0.15) is 5.69 Å². The number of amides is 1. The summed E-state index contributed by atoms with van der Waals surface area (Å²) in [6.07, 6.45) is 4.05. The van der Waals surface area contributed by atoms with E-state index < -0.39 is 0 Å². The molecule has 1 heterocycles. The summed E-state index contributed by atoms with van der Waals surface area (Å²) in [4.78, 5) is 11.8. The lowest BCUT2D eigenvalue weighted by Crippen LogP contribution is -2.26. The molecule has 0 unspecified atom stereocenters. The summed E-state index contributed by atoms with van der Waals surface area (Å²) in [6.45, 7) is 5.48. The summed E-state index contributed by atoms with van der Waals surface area (Å²) in [5.74, 6) is -0.0343. The van der Waals surface area contributed by atoms with Crippen molar-refractivity contribution in [3.05, 3.63) is 22.4 Å². The van der Waals surface area contributed by atoms with Crippen LogP contribution in [0.5, 0.6) is 0 Å². The van der Waals surface area contributed by atoms with Crippen molar-refractivity contribution in [2.24, 2.45) is 7.05 Å². The first-order chi connectivity index (χ1) is 8.50. The molecule has 0 aliphatic heterocycles. The largest absolute Gasteiger partial charge is 0.379 e. The Morgan fingerprint density at radius 1 is 1.50 bits per heavy atom. The maximum Gasteiger partial charge on any atom is 0.267 e. The number of aryl methyl sites for hydroxylation is 1. The number of hydrogen-bond donors (Lipinski definition) is 1. The van der Waals surface area contributed by atoms with Crippen LogP contribution in [-0.4, -0.2) is 29.7 Å². The van der Waals surface area contributed by atoms with E-state index in [-0.39, 0.29) is 12.0 Å². The van der Waals surface area contributed by atoms with Crippen LogP contribution in [0.15, 0.2) is 16.7 Å². The van der Waals surface area contributed by atoms with Gasteiger partial charge in [0.2, 0.25) is 0 Å². The van der Waals surface area contributed by atoms with Crippen LogP contribution in [0.1, 0.15) is 37.2 Å². The maximum atomic E-state index is 11.8. The van der Waals surface area contributed by atoms with Crippen LogP contribution in [0.3, 0.4) is 0 Å². The molecular formula is C13H21BrN2O2. The van der Waals surface area contributed by atoms with E-state index in [4.69, 9.17) is 4.74 Å². The van der Waals surface area contributed by atoms with E-state index in [1.165, 1.54) is 0 Å². The van der Waals surface area contributed by atoms with Crippen molar-refractivity contribution in [2.45, 2.75) is 32.8 Å². The van der Waals surface area contributed by atoms with Gasteiger partial charge in [-0.15, -0.1) is 0 Å². The molecule has 5 heteroatoms. The zero-order valence-corrected chi connectivity index (χ0v) is 12.8. The van der Waals surface area contributed by atoms with E-state index in [0.29, 0.717) is 12.2 Å². The van der Waals surface area contributed by atoms with Gasteiger partial charge in [0, 0.05) is 30.9 Å². The Hall–Kier alpha value is -0.810. The van der Waals surface area contributed by atoms with Gasteiger partial charge in [-0.2, -0.15) is 0 Å². The normalized spacial score (nSPS) is 10.9. The van der Waals surface area contributed by atoms with Crippen molar-refractivity contribution in [1.82, 2.24) is 9.88 Å². The van der Waals surface area contributed by atoms with Crippen LogP contribution in [0, 0.1) is 0 Å². The monoisotopic (exact) mass is 316 g/mol. The number of hydrogen-bond acceptors (Lipinski definition) is 2. The highest BCUT2D eigenvalue weighted by Crippen LogP contribution is 2.13. The Morgan fingerprint density at radius 2 is 2.22 bits per heavy atom. The number of nitrogens with zero attached hydrogens (tertiary/aromatic N) is 1. The van der Waals surface area contributed by atoms with Crippen LogP contribution >= 0.6 is 15.9 Å². The average Bonchev–Trinajstić information content (AvgIpc) is 2.62. The molecule has 1 rings (SSSR count). The Labute approximate surface area is 117 Å². The van der Waals surface area contributed by atoms with Gasteiger partial charge >= 0.3 is 0 Å². The molecule has 0 spiro atoms. The van der Waals surface area contributed by atoms with Gasteiger partial charge in [-0.3, -0.25) is 4.79 Å². The Balaban J connectivity index is 2.20. The summed E-state index contributed by atoms with van der Waals surface area (Å²) in [6, 6.07) is 1.82. The van der Waals surface area contributed by atoms with Gasteiger partial charge in [-0.05, 0) is 48.7 Å². The van der Waals surface area contributed by atoms with Crippen molar-refractivity contribution in [1.29, 1.82) is 0 Å². The molecule has 0 fully saturated rings. The standard InChI is InChI=1S/C13H21BrN2O2/c1-10(2)18-7-5-4-6-15-13(17)12-8-11(14)9-16(12)3/h8-10H,4-7H2,1-3H3,(H,15,17). The summed E-state index contributed by atoms with van der Waals surface area (Å²) in [7, 11) is 1.86. The minimum atomic E-state index is -0.0343. The Kier molecular flexibility index (Phi) is 6.43. The first kappa shape index (κ1) is 15.2. The van der Waals surface area contributed by atoms with Gasteiger partial charge in [-0.25, -0.2) is 0 Å². The van der Waals surface area contributed by atoms with Crippen LogP contribution in [-0.2, 0) is 11.8 Å². The number of ether oxygens (including phenoxy) is 1. The van der Waals surface area contributed by atoms with Gasteiger partial charge in [-0.1, -0.05) is 0 Å². The number of halogens is 1. The molecular weight excluding hydrogens is 296 g/mol. The zero-order valence-electron chi connectivity index (χ0n) is 11.2. The van der Waals surface area contributed by atoms with E-state index >= 15 is 0 Å². The highest BCUT2D eigenvalue weighted by Gasteiger charge is 2.09. The Morgan fingerprint density at radius 3 is 2.78 bits per heavy atom. The topological polar surface area (TPSA) is 43.3 Å². The van der Waals surface area contributed by atoms with Crippen LogP contribution in [0.4, 0.5) is 0 Å². The summed E-state index contributed by atoms with van der Waals surface area (Å²) in [5.41, 5.74) is 0.667. The van der Waals surface area contributed by atoms with Crippen molar-refractivity contribution in [3.63, 3.8) is 0 Å². The molecule has 1 N–H and O–H groups in total. The summed E-state index contributed by atoms with van der Waals surface area (Å²) < 4.78 is 8.16. The van der Waals surface area contributed by atoms with Crippen LogP contribution < -0.4 is 5.32 Å². The maximum absolute atomic E-state index is 11.8. The van der Waals surface area contributed by atoms with Gasteiger partial charge in [0.15, 0.2) is 0 Å².